The van der Waals surface area contributed by atoms with Crippen LogP contribution < -0.4 is 10.6 Å². The van der Waals surface area contributed by atoms with E-state index < -0.39 is 0 Å². The molecule has 2 unspecified atom stereocenters. The van der Waals surface area contributed by atoms with E-state index in [4.69, 9.17) is 5.73 Å². The fourth-order valence-electron chi connectivity index (χ4n) is 2.52. The first-order valence-corrected chi connectivity index (χ1v) is 6.55. The molecule has 1 saturated heterocycles. The zero-order valence-corrected chi connectivity index (χ0v) is 11.3. The summed E-state index contributed by atoms with van der Waals surface area (Å²) in [6.45, 7) is 10.7. The predicted molar refractivity (Wildman–Crippen MR) is 71.3 cm³/mol. The average molecular weight is 236 g/mol. The molecule has 2 N–H and O–H groups in total. The van der Waals surface area contributed by atoms with Gasteiger partial charge in [-0.15, -0.1) is 0 Å². The van der Waals surface area contributed by atoms with Gasteiger partial charge in [0.05, 0.1) is 5.69 Å². The zero-order chi connectivity index (χ0) is 12.6. The highest BCUT2D eigenvalue weighted by atomic mass is 15.3. The number of anilines is 1. The largest absolute Gasteiger partial charge is 0.342 e. The summed E-state index contributed by atoms with van der Waals surface area (Å²) in [4.78, 5) is 7.03. The van der Waals surface area contributed by atoms with Crippen molar-refractivity contribution in [3.8, 4) is 0 Å². The standard InChI is InChI=1S/C13H24N4/c1-9(2)17-7-10(3)15-13(17)16-6-5-12(8-16)11(4)14/h7,9,11-12H,5-6,8,14H2,1-4H3. The number of hydrogen-bond donors (Lipinski definition) is 1. The highest BCUT2D eigenvalue weighted by molar-refractivity contribution is 5.35. The number of hydrogen-bond acceptors (Lipinski definition) is 3. The molecule has 2 atom stereocenters. The molecule has 4 nitrogen and oxygen atoms in total. The molecule has 4 heteroatoms. The van der Waals surface area contributed by atoms with Gasteiger partial charge in [0.15, 0.2) is 0 Å². The van der Waals surface area contributed by atoms with Crippen LogP contribution in [0.2, 0.25) is 0 Å². The van der Waals surface area contributed by atoms with Crippen LogP contribution in [0.1, 0.15) is 38.9 Å². The van der Waals surface area contributed by atoms with Crippen LogP contribution in [0.15, 0.2) is 6.20 Å². The van der Waals surface area contributed by atoms with Crippen LogP contribution in [0.25, 0.3) is 0 Å². The minimum absolute atomic E-state index is 0.281. The topological polar surface area (TPSA) is 47.1 Å². The van der Waals surface area contributed by atoms with E-state index in [0.717, 1.165) is 24.7 Å². The molecule has 96 valence electrons. The SMILES string of the molecule is Cc1cn(C(C)C)c(N2CCC(C(C)N)C2)n1. The fourth-order valence-corrected chi connectivity index (χ4v) is 2.52. The van der Waals surface area contributed by atoms with Crippen LogP contribution in [-0.4, -0.2) is 28.7 Å². The van der Waals surface area contributed by atoms with Gasteiger partial charge in [-0.1, -0.05) is 0 Å². The van der Waals surface area contributed by atoms with Crippen LogP contribution >= 0.6 is 0 Å². The molecule has 1 aliphatic rings. The Kier molecular flexibility index (Phi) is 3.43. The number of nitrogens with zero attached hydrogens (tertiary/aromatic N) is 3. The van der Waals surface area contributed by atoms with E-state index in [0.29, 0.717) is 12.0 Å². The van der Waals surface area contributed by atoms with Gasteiger partial charge in [0.2, 0.25) is 5.95 Å². The minimum Gasteiger partial charge on any atom is -0.342 e. The van der Waals surface area contributed by atoms with Gasteiger partial charge < -0.3 is 15.2 Å². The van der Waals surface area contributed by atoms with Gasteiger partial charge in [-0.3, -0.25) is 0 Å². The van der Waals surface area contributed by atoms with E-state index in [1.165, 1.54) is 6.42 Å². The van der Waals surface area contributed by atoms with E-state index in [1.807, 2.05) is 0 Å². The van der Waals surface area contributed by atoms with E-state index in [2.05, 4.69) is 48.3 Å². The molecule has 0 aromatic carbocycles. The number of rotatable bonds is 3. The second-order valence-corrected chi connectivity index (χ2v) is 5.54. The third kappa shape index (κ3) is 2.46. The number of aryl methyl sites for hydroxylation is 1. The van der Waals surface area contributed by atoms with Gasteiger partial charge in [-0.05, 0) is 40.0 Å². The van der Waals surface area contributed by atoms with E-state index >= 15 is 0 Å². The number of aromatic nitrogens is 2. The molecular weight excluding hydrogens is 212 g/mol. The van der Waals surface area contributed by atoms with Crippen molar-refractivity contribution >= 4 is 5.95 Å². The van der Waals surface area contributed by atoms with Crippen molar-refractivity contribution in [2.45, 2.75) is 46.2 Å². The highest BCUT2D eigenvalue weighted by Crippen LogP contribution is 2.26. The van der Waals surface area contributed by atoms with Crippen molar-refractivity contribution in [2.75, 3.05) is 18.0 Å². The quantitative estimate of drug-likeness (QED) is 0.872. The number of nitrogens with two attached hydrogens (primary N) is 1. The van der Waals surface area contributed by atoms with Gasteiger partial charge in [0.1, 0.15) is 0 Å². The molecule has 1 aromatic rings. The Morgan fingerprint density at radius 1 is 1.41 bits per heavy atom. The lowest BCUT2D eigenvalue weighted by molar-refractivity contribution is 0.486. The van der Waals surface area contributed by atoms with Crippen molar-refractivity contribution in [3.05, 3.63) is 11.9 Å². The van der Waals surface area contributed by atoms with E-state index in [1.54, 1.807) is 0 Å². The molecule has 0 aliphatic carbocycles. The fraction of sp³-hybridized carbons (Fsp3) is 0.769. The molecule has 1 aromatic heterocycles. The molecule has 0 bridgehead atoms. The molecule has 0 spiro atoms. The summed E-state index contributed by atoms with van der Waals surface area (Å²) in [5.41, 5.74) is 7.08. The molecule has 1 fully saturated rings. The summed E-state index contributed by atoms with van der Waals surface area (Å²) in [5.74, 6) is 1.72. The summed E-state index contributed by atoms with van der Waals surface area (Å²) in [6.07, 6.45) is 3.32. The molecule has 1 aliphatic heterocycles. The molecule has 0 saturated carbocycles. The van der Waals surface area contributed by atoms with Crippen molar-refractivity contribution in [2.24, 2.45) is 11.7 Å². The summed E-state index contributed by atoms with van der Waals surface area (Å²) in [6, 6.07) is 0.740. The van der Waals surface area contributed by atoms with Gasteiger partial charge in [-0.25, -0.2) is 4.98 Å². The normalized spacial score (nSPS) is 22.5. The van der Waals surface area contributed by atoms with Crippen molar-refractivity contribution in [3.63, 3.8) is 0 Å². The first kappa shape index (κ1) is 12.4. The summed E-state index contributed by atoms with van der Waals surface area (Å²) in [7, 11) is 0. The average Bonchev–Trinajstić information content (AvgIpc) is 2.82. The maximum Gasteiger partial charge on any atom is 0.205 e. The Labute approximate surface area is 104 Å². The van der Waals surface area contributed by atoms with E-state index in [-0.39, 0.29) is 6.04 Å². The summed E-state index contributed by atoms with van der Waals surface area (Å²) in [5, 5.41) is 0. The summed E-state index contributed by atoms with van der Waals surface area (Å²) < 4.78 is 2.26. The molecular formula is C13H24N4. The predicted octanol–water partition coefficient (Wildman–Crippen LogP) is 1.95. The van der Waals surface area contributed by atoms with Crippen LogP contribution in [0, 0.1) is 12.8 Å². The van der Waals surface area contributed by atoms with Crippen LogP contribution in [0.5, 0.6) is 0 Å². The van der Waals surface area contributed by atoms with E-state index in [9.17, 15) is 0 Å². The second-order valence-electron chi connectivity index (χ2n) is 5.54. The van der Waals surface area contributed by atoms with Crippen LogP contribution in [-0.2, 0) is 0 Å². The maximum atomic E-state index is 5.99. The Hall–Kier alpha value is -1.03. The third-order valence-corrected chi connectivity index (χ3v) is 3.64. The van der Waals surface area contributed by atoms with Crippen LogP contribution in [0.4, 0.5) is 5.95 Å². The Morgan fingerprint density at radius 2 is 2.12 bits per heavy atom. The van der Waals surface area contributed by atoms with Crippen molar-refractivity contribution < 1.29 is 0 Å². The lowest BCUT2D eigenvalue weighted by Gasteiger charge is -2.21. The molecule has 0 amide bonds. The molecule has 2 heterocycles. The first-order chi connectivity index (χ1) is 7.99. The van der Waals surface area contributed by atoms with Gasteiger partial charge >= 0.3 is 0 Å². The van der Waals surface area contributed by atoms with Gasteiger partial charge in [0, 0.05) is 31.4 Å². The minimum atomic E-state index is 0.281. The maximum absolute atomic E-state index is 5.99. The molecule has 0 radical (unpaired) electrons. The van der Waals surface area contributed by atoms with Crippen molar-refractivity contribution in [1.29, 1.82) is 0 Å². The van der Waals surface area contributed by atoms with Crippen LogP contribution in [0.3, 0.4) is 0 Å². The van der Waals surface area contributed by atoms with Gasteiger partial charge in [0.25, 0.3) is 0 Å². The Bertz CT molecular complexity index is 381. The smallest absolute Gasteiger partial charge is 0.205 e. The Balaban J connectivity index is 2.18. The highest BCUT2D eigenvalue weighted by Gasteiger charge is 2.28. The molecule has 2 rings (SSSR count). The summed E-state index contributed by atoms with van der Waals surface area (Å²) >= 11 is 0. The van der Waals surface area contributed by atoms with Gasteiger partial charge in [-0.2, -0.15) is 0 Å². The first-order valence-electron chi connectivity index (χ1n) is 6.55. The lowest BCUT2D eigenvalue weighted by atomic mass is 10.0. The van der Waals surface area contributed by atoms with Crippen molar-refractivity contribution in [1.82, 2.24) is 9.55 Å². The zero-order valence-electron chi connectivity index (χ0n) is 11.3. The Morgan fingerprint density at radius 3 is 2.65 bits per heavy atom. The second kappa shape index (κ2) is 4.69. The number of imidazole rings is 1. The third-order valence-electron chi connectivity index (χ3n) is 3.64. The molecule has 17 heavy (non-hydrogen) atoms. The lowest BCUT2D eigenvalue weighted by Crippen LogP contribution is -2.30. The monoisotopic (exact) mass is 236 g/mol.